The van der Waals surface area contributed by atoms with E-state index < -0.39 is 22.0 Å². The molecule has 0 aliphatic rings. The first-order valence-corrected chi connectivity index (χ1v) is 8.59. The molecule has 1 atom stereocenters. The molecule has 0 spiro atoms. The summed E-state index contributed by atoms with van der Waals surface area (Å²) >= 11 is 0. The molecule has 0 radical (unpaired) electrons. The summed E-state index contributed by atoms with van der Waals surface area (Å²) < 4.78 is 32.0. The van der Waals surface area contributed by atoms with E-state index in [9.17, 15) is 13.2 Å². The molecule has 0 unspecified atom stereocenters. The number of methoxy groups -OCH3 is 1. The second-order valence-electron chi connectivity index (χ2n) is 5.03. The van der Waals surface area contributed by atoms with Crippen molar-refractivity contribution >= 4 is 16.0 Å². The lowest BCUT2D eigenvalue weighted by Crippen LogP contribution is -2.43. The van der Waals surface area contributed by atoms with Gasteiger partial charge in [0.2, 0.25) is 10.0 Å². The van der Waals surface area contributed by atoms with Gasteiger partial charge in [0.15, 0.2) is 0 Å². The van der Waals surface area contributed by atoms with Crippen LogP contribution in [0.15, 0.2) is 59.5 Å². The van der Waals surface area contributed by atoms with Gasteiger partial charge in [-0.15, -0.1) is 0 Å². The average Bonchev–Trinajstić information content (AvgIpc) is 2.61. The Morgan fingerprint density at radius 1 is 1.21 bits per heavy atom. The minimum atomic E-state index is -3.97. The number of hydrogen-bond acceptors (Lipinski definition) is 5. The summed E-state index contributed by atoms with van der Waals surface area (Å²) in [7, 11) is -2.77. The number of nitriles is 1. The molecule has 0 aliphatic heterocycles. The molecule has 24 heavy (non-hydrogen) atoms. The zero-order chi connectivity index (χ0) is 17.6. The van der Waals surface area contributed by atoms with E-state index in [0.717, 1.165) is 5.56 Å². The van der Waals surface area contributed by atoms with Gasteiger partial charge < -0.3 is 4.74 Å². The van der Waals surface area contributed by atoms with E-state index in [0.29, 0.717) is 0 Å². The van der Waals surface area contributed by atoms with E-state index in [-0.39, 0.29) is 16.9 Å². The summed E-state index contributed by atoms with van der Waals surface area (Å²) in [6.45, 7) is 0. The van der Waals surface area contributed by atoms with Crippen LogP contribution in [0.1, 0.15) is 11.1 Å². The van der Waals surface area contributed by atoms with Crippen LogP contribution >= 0.6 is 0 Å². The lowest BCUT2D eigenvalue weighted by Gasteiger charge is -2.17. The van der Waals surface area contributed by atoms with Crippen LogP contribution in [0.2, 0.25) is 0 Å². The van der Waals surface area contributed by atoms with Gasteiger partial charge >= 0.3 is 5.97 Å². The van der Waals surface area contributed by atoms with Crippen molar-refractivity contribution in [3.05, 3.63) is 65.7 Å². The fraction of sp³-hybridized carbons (Fsp3) is 0.176. The van der Waals surface area contributed by atoms with Crippen LogP contribution < -0.4 is 4.72 Å². The van der Waals surface area contributed by atoms with Crippen LogP contribution in [0.5, 0.6) is 0 Å². The van der Waals surface area contributed by atoms with E-state index in [4.69, 9.17) is 10.00 Å². The average molecular weight is 344 g/mol. The quantitative estimate of drug-likeness (QED) is 0.803. The minimum Gasteiger partial charge on any atom is -0.468 e. The zero-order valence-electron chi connectivity index (χ0n) is 13.0. The molecule has 0 heterocycles. The third-order valence-corrected chi connectivity index (χ3v) is 4.81. The van der Waals surface area contributed by atoms with E-state index >= 15 is 0 Å². The van der Waals surface area contributed by atoms with Gasteiger partial charge in [-0.2, -0.15) is 9.98 Å². The Balaban J connectivity index is 2.27. The molecule has 2 aromatic carbocycles. The lowest BCUT2D eigenvalue weighted by atomic mass is 10.1. The topological polar surface area (TPSA) is 96.3 Å². The normalized spacial score (nSPS) is 12.2. The predicted molar refractivity (Wildman–Crippen MR) is 87.4 cm³/mol. The summed E-state index contributed by atoms with van der Waals surface area (Å²) in [6, 6.07) is 15.4. The SMILES string of the molecule is COC(=O)[C@H](Cc1ccccc1)NS(=O)(=O)c1cccc(C#N)c1. The lowest BCUT2D eigenvalue weighted by molar-refractivity contribution is -0.142. The van der Waals surface area contributed by atoms with Crippen molar-refractivity contribution in [2.24, 2.45) is 0 Å². The van der Waals surface area contributed by atoms with Crippen molar-refractivity contribution in [1.82, 2.24) is 4.72 Å². The van der Waals surface area contributed by atoms with Gasteiger partial charge in [-0.25, -0.2) is 8.42 Å². The number of esters is 1. The van der Waals surface area contributed by atoms with Gasteiger partial charge in [0.05, 0.1) is 23.6 Å². The summed E-state index contributed by atoms with van der Waals surface area (Å²) in [6.07, 6.45) is 0.157. The van der Waals surface area contributed by atoms with Gasteiger partial charge in [-0.1, -0.05) is 36.4 Å². The Bertz CT molecular complexity index is 858. The highest BCUT2D eigenvalue weighted by molar-refractivity contribution is 7.89. The van der Waals surface area contributed by atoms with Crippen LogP contribution in [-0.2, 0) is 26.0 Å². The van der Waals surface area contributed by atoms with E-state index in [1.165, 1.54) is 31.4 Å². The Morgan fingerprint density at radius 2 is 1.92 bits per heavy atom. The largest absolute Gasteiger partial charge is 0.468 e. The first-order valence-electron chi connectivity index (χ1n) is 7.10. The molecule has 6 nitrogen and oxygen atoms in total. The Kier molecular flexibility index (Phi) is 5.68. The molecule has 0 saturated heterocycles. The summed E-state index contributed by atoms with van der Waals surface area (Å²) in [5, 5.41) is 8.89. The van der Waals surface area contributed by atoms with Crippen LogP contribution in [0.25, 0.3) is 0 Å². The maximum Gasteiger partial charge on any atom is 0.324 e. The molecule has 0 aliphatic carbocycles. The van der Waals surface area contributed by atoms with Crippen molar-refractivity contribution in [2.45, 2.75) is 17.4 Å². The van der Waals surface area contributed by atoms with Gasteiger partial charge in [0.1, 0.15) is 6.04 Å². The van der Waals surface area contributed by atoms with Crippen molar-refractivity contribution in [3.8, 4) is 6.07 Å². The van der Waals surface area contributed by atoms with Gasteiger partial charge in [0.25, 0.3) is 0 Å². The summed E-state index contributed by atoms with van der Waals surface area (Å²) in [5.41, 5.74) is 1.01. The van der Waals surface area contributed by atoms with Gasteiger partial charge in [-0.05, 0) is 30.2 Å². The fourth-order valence-electron chi connectivity index (χ4n) is 2.15. The van der Waals surface area contributed by atoms with E-state index in [2.05, 4.69) is 4.72 Å². The second-order valence-corrected chi connectivity index (χ2v) is 6.74. The number of carbonyl (C=O) groups excluding carboxylic acids is 1. The molecule has 2 aromatic rings. The summed E-state index contributed by atoms with van der Waals surface area (Å²) in [5.74, 6) is -0.682. The number of ether oxygens (including phenoxy) is 1. The first kappa shape index (κ1) is 17.7. The highest BCUT2D eigenvalue weighted by Crippen LogP contribution is 2.13. The van der Waals surface area contributed by atoms with Crippen molar-refractivity contribution < 1.29 is 17.9 Å². The predicted octanol–water partition coefficient (Wildman–Crippen LogP) is 1.62. The fourth-order valence-corrected chi connectivity index (χ4v) is 3.38. The number of sulfonamides is 1. The molecule has 1 N–H and O–H groups in total. The molecule has 0 bridgehead atoms. The Hall–Kier alpha value is -2.69. The highest BCUT2D eigenvalue weighted by Gasteiger charge is 2.26. The Morgan fingerprint density at radius 3 is 2.54 bits per heavy atom. The molecule has 0 fully saturated rings. The van der Waals surface area contributed by atoms with Crippen molar-refractivity contribution in [2.75, 3.05) is 7.11 Å². The summed E-state index contributed by atoms with van der Waals surface area (Å²) in [4.78, 5) is 11.9. The third-order valence-electron chi connectivity index (χ3n) is 3.34. The molecule has 0 amide bonds. The zero-order valence-corrected chi connectivity index (χ0v) is 13.8. The number of benzene rings is 2. The second kappa shape index (κ2) is 7.73. The number of carbonyl (C=O) groups is 1. The highest BCUT2D eigenvalue weighted by atomic mass is 32.2. The minimum absolute atomic E-state index is 0.0801. The molecular weight excluding hydrogens is 328 g/mol. The van der Waals surface area contributed by atoms with Crippen LogP contribution in [0, 0.1) is 11.3 Å². The molecular formula is C17H16N2O4S. The number of rotatable bonds is 6. The third kappa shape index (κ3) is 4.41. The monoisotopic (exact) mass is 344 g/mol. The Labute approximate surface area is 140 Å². The molecule has 7 heteroatoms. The van der Waals surface area contributed by atoms with Crippen molar-refractivity contribution in [1.29, 1.82) is 5.26 Å². The maximum absolute atomic E-state index is 12.5. The maximum atomic E-state index is 12.5. The van der Waals surface area contributed by atoms with E-state index in [1.54, 1.807) is 24.3 Å². The van der Waals surface area contributed by atoms with Gasteiger partial charge in [-0.3, -0.25) is 4.79 Å². The van der Waals surface area contributed by atoms with Gasteiger partial charge in [0, 0.05) is 0 Å². The van der Waals surface area contributed by atoms with Crippen LogP contribution in [0.4, 0.5) is 0 Å². The molecule has 0 aromatic heterocycles. The van der Waals surface area contributed by atoms with Crippen molar-refractivity contribution in [3.63, 3.8) is 0 Å². The first-order chi connectivity index (χ1) is 11.5. The molecule has 124 valence electrons. The number of hydrogen-bond donors (Lipinski definition) is 1. The van der Waals surface area contributed by atoms with Crippen LogP contribution in [-0.4, -0.2) is 27.5 Å². The standard InChI is InChI=1S/C17H16N2O4S/c1-23-17(20)16(11-13-6-3-2-4-7-13)19-24(21,22)15-9-5-8-14(10-15)12-18/h2-10,16,19H,11H2,1H3/t16-/m0/s1. The smallest absolute Gasteiger partial charge is 0.324 e. The molecule has 2 rings (SSSR count). The molecule has 0 saturated carbocycles. The number of nitrogens with one attached hydrogen (secondary N) is 1. The number of nitrogens with zero attached hydrogens (tertiary/aromatic N) is 1. The van der Waals surface area contributed by atoms with Crippen LogP contribution in [0.3, 0.4) is 0 Å². The van der Waals surface area contributed by atoms with E-state index in [1.807, 2.05) is 12.1 Å².